The van der Waals surface area contributed by atoms with Crippen LogP contribution in [-0.2, 0) is 6.42 Å². The average molecular weight is 279 g/mol. The summed E-state index contributed by atoms with van der Waals surface area (Å²) in [7, 11) is 0. The number of hydrogen-bond acceptors (Lipinski definition) is 2. The number of fused-ring (bicyclic) bond motifs is 1. The molecule has 0 unspecified atom stereocenters. The minimum Gasteiger partial charge on any atom is -0.478 e. The fourth-order valence-corrected chi connectivity index (χ4v) is 2.52. The van der Waals surface area contributed by atoms with Gasteiger partial charge in [-0.15, -0.1) is 0 Å². The third-order valence-corrected chi connectivity index (χ3v) is 3.54. The zero-order valence-electron chi connectivity index (χ0n) is 11.2. The number of carbonyl (C=O) groups is 1. The SMILES string of the molecule is O=C(O)c1cc[nH]c(=O)c1Cc1cccc2ccccc12. The fraction of sp³-hybridized carbons (Fsp3) is 0.0588. The maximum absolute atomic E-state index is 12.0. The molecule has 0 aliphatic heterocycles. The van der Waals surface area contributed by atoms with Gasteiger partial charge in [0.05, 0.1) is 5.56 Å². The largest absolute Gasteiger partial charge is 0.478 e. The summed E-state index contributed by atoms with van der Waals surface area (Å²) in [4.78, 5) is 25.8. The molecular formula is C17H13NO3. The van der Waals surface area contributed by atoms with Crippen LogP contribution in [-0.4, -0.2) is 16.1 Å². The fourth-order valence-electron chi connectivity index (χ4n) is 2.52. The molecule has 3 aromatic rings. The lowest BCUT2D eigenvalue weighted by atomic mass is 9.97. The van der Waals surface area contributed by atoms with Crippen molar-refractivity contribution >= 4 is 16.7 Å². The zero-order valence-corrected chi connectivity index (χ0v) is 11.2. The first-order valence-electron chi connectivity index (χ1n) is 6.57. The van der Waals surface area contributed by atoms with Crippen LogP contribution in [0.3, 0.4) is 0 Å². The van der Waals surface area contributed by atoms with Crippen LogP contribution in [0.5, 0.6) is 0 Å². The maximum atomic E-state index is 12.0. The average Bonchev–Trinajstić information content (AvgIpc) is 2.49. The zero-order chi connectivity index (χ0) is 14.8. The number of benzene rings is 2. The molecule has 0 saturated heterocycles. The molecule has 0 atom stereocenters. The van der Waals surface area contributed by atoms with Gasteiger partial charge < -0.3 is 10.1 Å². The molecule has 104 valence electrons. The van der Waals surface area contributed by atoms with E-state index in [-0.39, 0.29) is 16.7 Å². The number of hydrogen-bond donors (Lipinski definition) is 2. The summed E-state index contributed by atoms with van der Waals surface area (Å²) in [5.41, 5.74) is 0.906. The Morgan fingerprint density at radius 3 is 2.62 bits per heavy atom. The topological polar surface area (TPSA) is 70.2 Å². The normalized spacial score (nSPS) is 10.7. The van der Waals surface area contributed by atoms with Crippen LogP contribution < -0.4 is 5.56 Å². The number of aromatic nitrogens is 1. The Hall–Kier alpha value is -2.88. The van der Waals surface area contributed by atoms with E-state index < -0.39 is 5.97 Å². The Bertz CT molecular complexity index is 875. The summed E-state index contributed by atoms with van der Waals surface area (Å²) in [6.07, 6.45) is 1.65. The summed E-state index contributed by atoms with van der Waals surface area (Å²) in [5, 5.41) is 11.3. The molecule has 4 nitrogen and oxygen atoms in total. The van der Waals surface area contributed by atoms with E-state index in [9.17, 15) is 14.7 Å². The van der Waals surface area contributed by atoms with E-state index in [1.807, 2.05) is 42.5 Å². The van der Waals surface area contributed by atoms with Crippen LogP contribution in [0.4, 0.5) is 0 Å². The molecule has 21 heavy (non-hydrogen) atoms. The van der Waals surface area contributed by atoms with Crippen LogP contribution in [0.25, 0.3) is 10.8 Å². The Kier molecular flexibility index (Phi) is 3.28. The van der Waals surface area contributed by atoms with Gasteiger partial charge >= 0.3 is 5.97 Å². The quantitative estimate of drug-likeness (QED) is 0.774. The third-order valence-electron chi connectivity index (χ3n) is 3.54. The molecule has 0 bridgehead atoms. The van der Waals surface area contributed by atoms with Crippen molar-refractivity contribution in [3.8, 4) is 0 Å². The second kappa shape index (κ2) is 5.25. The van der Waals surface area contributed by atoms with Gasteiger partial charge in [-0.05, 0) is 22.4 Å². The predicted molar refractivity (Wildman–Crippen MR) is 80.8 cm³/mol. The molecular weight excluding hydrogens is 266 g/mol. The van der Waals surface area contributed by atoms with E-state index in [1.165, 1.54) is 12.3 Å². The number of carboxylic acid groups (broad SMARTS) is 1. The monoisotopic (exact) mass is 279 g/mol. The van der Waals surface area contributed by atoms with E-state index in [1.54, 1.807) is 0 Å². The highest BCUT2D eigenvalue weighted by atomic mass is 16.4. The van der Waals surface area contributed by atoms with Crippen LogP contribution in [0.15, 0.2) is 59.5 Å². The van der Waals surface area contributed by atoms with Crippen molar-refractivity contribution in [3.05, 3.63) is 81.8 Å². The highest BCUT2D eigenvalue weighted by molar-refractivity contribution is 5.90. The van der Waals surface area contributed by atoms with Gasteiger partial charge in [0.1, 0.15) is 0 Å². The van der Waals surface area contributed by atoms with E-state index in [0.717, 1.165) is 16.3 Å². The Balaban J connectivity index is 2.16. The minimum atomic E-state index is -1.09. The van der Waals surface area contributed by atoms with Crippen LogP contribution in [0, 0.1) is 0 Å². The highest BCUT2D eigenvalue weighted by Crippen LogP contribution is 2.21. The number of nitrogens with one attached hydrogen (secondary N) is 1. The van der Waals surface area contributed by atoms with Crippen molar-refractivity contribution in [1.29, 1.82) is 0 Å². The van der Waals surface area contributed by atoms with Crippen molar-refractivity contribution in [2.45, 2.75) is 6.42 Å². The minimum absolute atomic E-state index is 0.0479. The van der Waals surface area contributed by atoms with E-state index in [0.29, 0.717) is 6.42 Å². The second-order valence-electron chi connectivity index (χ2n) is 4.82. The standard InChI is InChI=1S/C17H13NO3/c19-16-15(14(17(20)21)8-9-18-16)10-12-6-3-5-11-4-1-2-7-13(11)12/h1-9H,10H2,(H,18,19)(H,20,21). The molecule has 0 amide bonds. The van der Waals surface area contributed by atoms with Gasteiger partial charge in [-0.25, -0.2) is 4.79 Å². The van der Waals surface area contributed by atoms with E-state index in [2.05, 4.69) is 4.98 Å². The van der Waals surface area contributed by atoms with Crippen molar-refractivity contribution < 1.29 is 9.90 Å². The Morgan fingerprint density at radius 2 is 1.81 bits per heavy atom. The molecule has 4 heteroatoms. The van der Waals surface area contributed by atoms with Crippen molar-refractivity contribution in [2.24, 2.45) is 0 Å². The first-order valence-corrected chi connectivity index (χ1v) is 6.57. The highest BCUT2D eigenvalue weighted by Gasteiger charge is 2.14. The van der Waals surface area contributed by atoms with Gasteiger partial charge in [0.25, 0.3) is 5.56 Å². The van der Waals surface area contributed by atoms with Gasteiger partial charge in [0.2, 0.25) is 0 Å². The first-order chi connectivity index (χ1) is 10.2. The molecule has 0 spiro atoms. The van der Waals surface area contributed by atoms with Gasteiger partial charge in [0, 0.05) is 18.2 Å². The second-order valence-corrected chi connectivity index (χ2v) is 4.82. The summed E-state index contributed by atoms with van der Waals surface area (Å²) >= 11 is 0. The predicted octanol–water partition coefficient (Wildman–Crippen LogP) is 2.82. The number of aromatic amines is 1. The molecule has 0 fully saturated rings. The summed E-state index contributed by atoms with van der Waals surface area (Å²) in [6, 6.07) is 15.1. The first kappa shape index (κ1) is 13.1. The maximum Gasteiger partial charge on any atom is 0.336 e. The molecule has 1 heterocycles. The Labute approximate surface area is 120 Å². The molecule has 2 N–H and O–H groups in total. The van der Waals surface area contributed by atoms with Crippen molar-refractivity contribution in [1.82, 2.24) is 4.98 Å². The van der Waals surface area contributed by atoms with E-state index in [4.69, 9.17) is 0 Å². The summed E-state index contributed by atoms with van der Waals surface area (Å²) in [6.45, 7) is 0. The lowest BCUT2D eigenvalue weighted by molar-refractivity contribution is 0.0695. The van der Waals surface area contributed by atoms with Crippen LogP contribution >= 0.6 is 0 Å². The van der Waals surface area contributed by atoms with Crippen molar-refractivity contribution in [2.75, 3.05) is 0 Å². The molecule has 0 aliphatic carbocycles. The van der Waals surface area contributed by atoms with Crippen molar-refractivity contribution in [3.63, 3.8) is 0 Å². The number of pyridine rings is 1. The smallest absolute Gasteiger partial charge is 0.336 e. The molecule has 2 aromatic carbocycles. The molecule has 0 saturated carbocycles. The lowest BCUT2D eigenvalue weighted by Crippen LogP contribution is -2.18. The number of rotatable bonds is 3. The molecule has 0 aliphatic rings. The molecule has 0 radical (unpaired) electrons. The summed E-state index contributed by atoms with van der Waals surface area (Å²) < 4.78 is 0. The van der Waals surface area contributed by atoms with Crippen LogP contribution in [0.2, 0.25) is 0 Å². The number of H-pyrrole nitrogens is 1. The van der Waals surface area contributed by atoms with Gasteiger partial charge in [-0.1, -0.05) is 42.5 Å². The summed E-state index contributed by atoms with van der Waals surface area (Å²) in [5.74, 6) is -1.09. The van der Waals surface area contributed by atoms with Gasteiger partial charge in [-0.2, -0.15) is 0 Å². The molecule has 1 aromatic heterocycles. The third kappa shape index (κ3) is 2.43. The Morgan fingerprint density at radius 1 is 1.05 bits per heavy atom. The number of aromatic carboxylic acids is 1. The lowest BCUT2D eigenvalue weighted by Gasteiger charge is -2.08. The van der Waals surface area contributed by atoms with Crippen LogP contribution in [0.1, 0.15) is 21.5 Å². The molecule has 3 rings (SSSR count). The van der Waals surface area contributed by atoms with Gasteiger partial charge in [-0.3, -0.25) is 4.79 Å². The number of carboxylic acids is 1. The van der Waals surface area contributed by atoms with E-state index >= 15 is 0 Å². The van der Waals surface area contributed by atoms with Gasteiger partial charge in [0.15, 0.2) is 0 Å².